The van der Waals surface area contributed by atoms with Gasteiger partial charge in [0.05, 0.1) is 5.92 Å². The molecule has 174 valence electrons. The van der Waals surface area contributed by atoms with Crippen LogP contribution in [0.2, 0.25) is 0 Å². The van der Waals surface area contributed by atoms with E-state index in [-0.39, 0.29) is 17.5 Å². The van der Waals surface area contributed by atoms with E-state index < -0.39 is 12.1 Å². The largest absolute Gasteiger partial charge is 0.481 e. The van der Waals surface area contributed by atoms with Crippen molar-refractivity contribution < 1.29 is 23.8 Å². The number of aryl methyl sites for hydroxylation is 2. The molecular formula is C25H33NO6. The van der Waals surface area contributed by atoms with E-state index in [4.69, 9.17) is 14.3 Å². The van der Waals surface area contributed by atoms with Crippen LogP contribution >= 0.6 is 0 Å². The molecule has 2 aromatic rings. The third kappa shape index (κ3) is 5.69. The highest BCUT2D eigenvalue weighted by atomic mass is 16.5. The van der Waals surface area contributed by atoms with Gasteiger partial charge < -0.3 is 19.6 Å². The van der Waals surface area contributed by atoms with Crippen molar-refractivity contribution in [2.75, 3.05) is 6.54 Å². The molecule has 2 N–H and O–H groups in total. The highest BCUT2D eigenvalue weighted by molar-refractivity contribution is 5.85. The van der Waals surface area contributed by atoms with Crippen LogP contribution in [0.1, 0.15) is 63.5 Å². The van der Waals surface area contributed by atoms with Gasteiger partial charge in [-0.2, -0.15) is 0 Å². The molecule has 1 saturated carbocycles. The fourth-order valence-corrected chi connectivity index (χ4v) is 4.36. The lowest BCUT2D eigenvalue weighted by Gasteiger charge is -2.26. The molecule has 1 aromatic heterocycles. The van der Waals surface area contributed by atoms with Gasteiger partial charge in [0.25, 0.3) is 5.91 Å². The maximum absolute atomic E-state index is 12.6. The van der Waals surface area contributed by atoms with Gasteiger partial charge in [-0.15, -0.1) is 0 Å². The van der Waals surface area contributed by atoms with E-state index in [9.17, 15) is 14.4 Å². The molecule has 1 atom stereocenters. The van der Waals surface area contributed by atoms with Crippen LogP contribution in [-0.2, 0) is 16.0 Å². The Balaban J connectivity index is 1.63. The van der Waals surface area contributed by atoms with E-state index in [1.54, 1.807) is 13.0 Å². The molecule has 7 heteroatoms. The minimum absolute atomic E-state index is 0.219. The Bertz CT molecular complexity index is 1020. The van der Waals surface area contributed by atoms with Gasteiger partial charge in [0.1, 0.15) is 11.3 Å². The van der Waals surface area contributed by atoms with Crippen LogP contribution in [0.5, 0.6) is 5.75 Å². The van der Waals surface area contributed by atoms with Gasteiger partial charge in [-0.05, 0) is 76.0 Å². The minimum Gasteiger partial charge on any atom is -0.481 e. The third-order valence-corrected chi connectivity index (χ3v) is 6.43. The Morgan fingerprint density at radius 3 is 2.62 bits per heavy atom. The van der Waals surface area contributed by atoms with Crippen molar-refractivity contribution in [2.24, 2.45) is 11.8 Å². The normalized spacial score (nSPS) is 19.5. The van der Waals surface area contributed by atoms with Crippen molar-refractivity contribution >= 4 is 22.8 Å². The summed E-state index contributed by atoms with van der Waals surface area (Å²) in [5, 5.41) is 12.9. The molecule has 1 aliphatic rings. The molecule has 0 aliphatic heterocycles. The molecule has 1 fully saturated rings. The molecule has 0 radical (unpaired) electrons. The first-order valence-electron chi connectivity index (χ1n) is 11.5. The number of carbonyl (C=O) groups is 2. The number of hydrogen-bond donors (Lipinski definition) is 2. The average molecular weight is 444 g/mol. The fourth-order valence-electron chi connectivity index (χ4n) is 4.36. The summed E-state index contributed by atoms with van der Waals surface area (Å²) < 4.78 is 11.4. The van der Waals surface area contributed by atoms with Crippen molar-refractivity contribution in [1.82, 2.24) is 5.32 Å². The summed E-state index contributed by atoms with van der Waals surface area (Å²) in [5.74, 6) is -0.405. The third-order valence-electron chi connectivity index (χ3n) is 6.43. The van der Waals surface area contributed by atoms with Crippen LogP contribution in [0.4, 0.5) is 0 Å². The van der Waals surface area contributed by atoms with Gasteiger partial charge >= 0.3 is 11.6 Å². The molecule has 1 aliphatic carbocycles. The van der Waals surface area contributed by atoms with Gasteiger partial charge in [0.15, 0.2) is 6.10 Å². The van der Waals surface area contributed by atoms with Gasteiger partial charge in [-0.1, -0.05) is 13.3 Å². The first-order chi connectivity index (χ1) is 15.3. The smallest absolute Gasteiger partial charge is 0.336 e. The van der Waals surface area contributed by atoms with Crippen LogP contribution in [0, 0.1) is 18.8 Å². The van der Waals surface area contributed by atoms with Crippen molar-refractivity contribution in [2.45, 2.75) is 71.8 Å². The summed E-state index contributed by atoms with van der Waals surface area (Å²) in [7, 11) is 0. The number of carboxylic acids is 1. The standard InChI is InChI=1S/C25H33NO6/c1-4-5-6-19-13-22(27)32-23-15(2)21(12-11-20(19)23)31-16(3)24(28)26-14-17-7-9-18(10-8-17)25(29)30/h11-13,16-18H,4-10,14H2,1-3H3,(H,26,28)(H,29,30)/t16-,17?,18?/m1/s1. The van der Waals surface area contributed by atoms with E-state index in [0.717, 1.165) is 43.1 Å². The monoisotopic (exact) mass is 443 g/mol. The first kappa shape index (κ1) is 23.8. The number of fused-ring (bicyclic) bond motifs is 1. The van der Waals surface area contributed by atoms with E-state index in [1.807, 2.05) is 19.1 Å². The van der Waals surface area contributed by atoms with Crippen molar-refractivity contribution in [3.8, 4) is 5.75 Å². The molecule has 7 nitrogen and oxygen atoms in total. The number of benzene rings is 1. The number of unbranched alkanes of at least 4 members (excludes halogenated alkanes) is 1. The Morgan fingerprint density at radius 2 is 1.97 bits per heavy atom. The summed E-state index contributed by atoms with van der Waals surface area (Å²) in [6.07, 6.45) is 5.04. The molecule has 3 rings (SSSR count). The van der Waals surface area contributed by atoms with Gasteiger partial charge in [0.2, 0.25) is 0 Å². The lowest BCUT2D eigenvalue weighted by atomic mass is 9.82. The van der Waals surface area contributed by atoms with Crippen LogP contribution in [0.15, 0.2) is 27.4 Å². The highest BCUT2D eigenvalue weighted by Crippen LogP contribution is 2.30. The van der Waals surface area contributed by atoms with Gasteiger partial charge in [-0.3, -0.25) is 9.59 Å². The summed E-state index contributed by atoms with van der Waals surface area (Å²) in [6, 6.07) is 5.26. The predicted octanol–water partition coefficient (Wildman–Crippen LogP) is 4.22. The number of carbonyl (C=O) groups excluding carboxylic acids is 1. The SMILES string of the molecule is CCCCc1cc(=O)oc2c(C)c(O[C@H](C)C(=O)NCC3CCC(C(=O)O)CC3)ccc12. The number of amides is 1. The van der Waals surface area contributed by atoms with Crippen LogP contribution < -0.4 is 15.7 Å². The van der Waals surface area contributed by atoms with Gasteiger partial charge in [-0.25, -0.2) is 4.79 Å². The van der Waals surface area contributed by atoms with E-state index >= 15 is 0 Å². The lowest BCUT2D eigenvalue weighted by molar-refractivity contribution is -0.143. The molecule has 1 heterocycles. The second-order valence-electron chi connectivity index (χ2n) is 8.82. The molecule has 1 amide bonds. The summed E-state index contributed by atoms with van der Waals surface area (Å²) in [5.41, 5.74) is 1.79. The van der Waals surface area contributed by atoms with Crippen LogP contribution in [0.3, 0.4) is 0 Å². The number of rotatable bonds is 9. The molecule has 32 heavy (non-hydrogen) atoms. The maximum atomic E-state index is 12.6. The topological polar surface area (TPSA) is 106 Å². The quantitative estimate of drug-likeness (QED) is 0.562. The second-order valence-corrected chi connectivity index (χ2v) is 8.82. The van der Waals surface area contributed by atoms with Crippen molar-refractivity contribution in [1.29, 1.82) is 0 Å². The zero-order valence-electron chi connectivity index (χ0n) is 19.1. The Kier molecular flexibility index (Phi) is 7.94. The number of ether oxygens (including phenoxy) is 1. The maximum Gasteiger partial charge on any atom is 0.336 e. The average Bonchev–Trinajstić information content (AvgIpc) is 2.78. The number of nitrogens with one attached hydrogen (secondary N) is 1. The molecule has 0 spiro atoms. The van der Waals surface area contributed by atoms with Gasteiger partial charge in [0, 0.05) is 23.6 Å². The number of carboxylic acid groups (broad SMARTS) is 1. The zero-order chi connectivity index (χ0) is 23.3. The van der Waals surface area contributed by atoms with E-state index in [1.165, 1.54) is 0 Å². The predicted molar refractivity (Wildman–Crippen MR) is 122 cm³/mol. The van der Waals surface area contributed by atoms with Crippen molar-refractivity contribution in [3.05, 3.63) is 39.7 Å². The molecule has 1 aromatic carbocycles. The van der Waals surface area contributed by atoms with Crippen LogP contribution in [-0.4, -0.2) is 29.6 Å². The summed E-state index contributed by atoms with van der Waals surface area (Å²) in [6.45, 7) is 6.15. The Morgan fingerprint density at radius 1 is 1.25 bits per heavy atom. The Hall–Kier alpha value is -2.83. The zero-order valence-corrected chi connectivity index (χ0v) is 19.1. The molecule has 0 saturated heterocycles. The van der Waals surface area contributed by atoms with Crippen molar-refractivity contribution in [3.63, 3.8) is 0 Å². The molecule has 0 bridgehead atoms. The highest BCUT2D eigenvalue weighted by Gasteiger charge is 2.26. The fraction of sp³-hybridized carbons (Fsp3) is 0.560. The number of hydrogen-bond acceptors (Lipinski definition) is 5. The van der Waals surface area contributed by atoms with Crippen LogP contribution in [0.25, 0.3) is 11.0 Å². The first-order valence-corrected chi connectivity index (χ1v) is 11.5. The molecule has 0 unspecified atom stereocenters. The second kappa shape index (κ2) is 10.7. The molecular weight excluding hydrogens is 410 g/mol. The minimum atomic E-state index is -0.728. The summed E-state index contributed by atoms with van der Waals surface area (Å²) in [4.78, 5) is 35.7. The lowest BCUT2D eigenvalue weighted by Crippen LogP contribution is -2.39. The van der Waals surface area contributed by atoms with E-state index in [2.05, 4.69) is 12.2 Å². The number of aliphatic carboxylic acids is 1. The summed E-state index contributed by atoms with van der Waals surface area (Å²) >= 11 is 0. The Labute approximate surface area is 188 Å². The van der Waals surface area contributed by atoms with E-state index in [0.29, 0.717) is 42.2 Å².